The number of carbonyl (C=O) groups excluding carboxylic acids is 3. The molecule has 2 N–H and O–H groups in total. The van der Waals surface area contributed by atoms with E-state index in [2.05, 4.69) is 44.7 Å². The van der Waals surface area contributed by atoms with Gasteiger partial charge in [0.05, 0.1) is 17.4 Å². The molecular formula is C39H45ClN8O6. The van der Waals surface area contributed by atoms with E-state index < -0.39 is 17.7 Å². The van der Waals surface area contributed by atoms with Crippen molar-refractivity contribution in [2.24, 2.45) is 12.5 Å². The average molecular weight is 757 g/mol. The zero-order valence-corrected chi connectivity index (χ0v) is 31.3. The number of benzene rings is 2. The fraction of sp³-hybridized carbons (Fsp3) is 0.487. The van der Waals surface area contributed by atoms with Crippen LogP contribution in [-0.2, 0) is 16.6 Å². The van der Waals surface area contributed by atoms with Crippen molar-refractivity contribution >= 4 is 51.8 Å². The number of likely N-dealkylation sites (tertiary alicyclic amines) is 2. The second-order valence-electron chi connectivity index (χ2n) is 15.6. The van der Waals surface area contributed by atoms with Gasteiger partial charge in [-0.15, -0.1) is 0 Å². The number of piperidine rings is 4. The lowest BCUT2D eigenvalue weighted by Crippen LogP contribution is -2.48. The van der Waals surface area contributed by atoms with Crippen LogP contribution in [0, 0.1) is 5.41 Å². The van der Waals surface area contributed by atoms with Crippen molar-refractivity contribution in [3.63, 3.8) is 0 Å². The number of aryl methyl sites for hydroxylation is 1. The first-order chi connectivity index (χ1) is 26.0. The van der Waals surface area contributed by atoms with Crippen LogP contribution in [-0.4, -0.2) is 94.2 Å². The monoisotopic (exact) mass is 756 g/mol. The van der Waals surface area contributed by atoms with Crippen molar-refractivity contribution in [1.82, 2.24) is 29.5 Å². The van der Waals surface area contributed by atoms with Crippen LogP contribution in [0.2, 0.25) is 5.02 Å². The van der Waals surface area contributed by atoms with E-state index in [9.17, 15) is 24.0 Å². The molecule has 15 heteroatoms. The highest BCUT2D eigenvalue weighted by Gasteiger charge is 2.39. The van der Waals surface area contributed by atoms with E-state index in [-0.39, 0.29) is 52.6 Å². The molecule has 4 aliphatic rings. The van der Waals surface area contributed by atoms with Crippen molar-refractivity contribution in [2.75, 3.05) is 56.5 Å². The molecule has 1 unspecified atom stereocenters. The first-order valence-electron chi connectivity index (χ1n) is 18.8. The molecular weight excluding hydrogens is 712 g/mol. The molecule has 8 rings (SSSR count). The Kier molecular flexibility index (Phi) is 9.59. The minimum Gasteiger partial charge on any atom is -0.408 e. The minimum absolute atomic E-state index is 0.0704. The van der Waals surface area contributed by atoms with E-state index >= 15 is 0 Å². The molecule has 14 nitrogen and oxygen atoms in total. The lowest BCUT2D eigenvalue weighted by atomic mass is 9.71. The van der Waals surface area contributed by atoms with Crippen LogP contribution in [0.15, 0.2) is 62.7 Å². The Balaban J connectivity index is 0.851. The molecule has 4 saturated heterocycles. The largest absolute Gasteiger partial charge is 0.420 e. The Bertz CT molecular complexity index is 2210. The predicted molar refractivity (Wildman–Crippen MR) is 204 cm³/mol. The highest BCUT2D eigenvalue weighted by molar-refractivity contribution is 6.32. The zero-order chi connectivity index (χ0) is 37.7. The molecule has 2 aromatic heterocycles. The Morgan fingerprint density at radius 3 is 2.41 bits per heavy atom. The maximum Gasteiger partial charge on any atom is 0.420 e. The molecule has 3 amide bonds. The summed E-state index contributed by atoms with van der Waals surface area (Å²) in [5.74, 6) is -1.09. The zero-order valence-electron chi connectivity index (χ0n) is 30.6. The van der Waals surface area contributed by atoms with Gasteiger partial charge in [-0.1, -0.05) is 23.7 Å². The molecule has 0 radical (unpaired) electrons. The number of hydrogen-bond acceptors (Lipinski definition) is 10. The summed E-state index contributed by atoms with van der Waals surface area (Å²) in [7, 11) is 3.66. The van der Waals surface area contributed by atoms with Crippen LogP contribution in [0.5, 0.6) is 0 Å². The number of oxazole rings is 1. The van der Waals surface area contributed by atoms with E-state index in [0.29, 0.717) is 22.4 Å². The molecule has 0 bridgehead atoms. The number of halogens is 1. The number of amides is 3. The van der Waals surface area contributed by atoms with Gasteiger partial charge >= 0.3 is 5.76 Å². The number of carbonyl (C=O) groups is 3. The molecule has 0 aliphatic carbocycles. The second-order valence-corrected chi connectivity index (χ2v) is 15.9. The van der Waals surface area contributed by atoms with Gasteiger partial charge in [-0.2, -0.15) is 5.10 Å². The number of likely N-dealkylation sites (N-methyl/N-ethyl adjacent to an activating group) is 1. The molecule has 4 aliphatic heterocycles. The van der Waals surface area contributed by atoms with Crippen molar-refractivity contribution < 1.29 is 18.8 Å². The van der Waals surface area contributed by atoms with Crippen LogP contribution < -0.4 is 26.8 Å². The van der Waals surface area contributed by atoms with E-state index in [1.165, 1.54) is 14.8 Å². The summed E-state index contributed by atoms with van der Waals surface area (Å²) in [6.07, 6.45) is 6.84. The summed E-state index contributed by atoms with van der Waals surface area (Å²) in [6, 6.07) is 13.0. The Morgan fingerprint density at radius 2 is 1.69 bits per heavy atom. The molecule has 54 heavy (non-hydrogen) atoms. The number of aromatic nitrogens is 3. The van der Waals surface area contributed by atoms with E-state index in [0.717, 1.165) is 77.1 Å². The molecule has 4 aromatic rings. The van der Waals surface area contributed by atoms with Crippen LogP contribution in [0.1, 0.15) is 72.8 Å². The number of anilines is 2. The lowest BCUT2D eigenvalue weighted by Gasteiger charge is -2.47. The molecule has 4 fully saturated rings. The third-order valence-electron chi connectivity index (χ3n) is 12.1. The predicted octanol–water partition coefficient (Wildman–Crippen LogP) is 3.74. The SMILES string of the molecule is CN1C[C@@H](Nc2cnn(C)c(=O)c2Cl)C[C@@H](c2ccc(C(=O)N3CCC4(CC3)CCN(c3ccc5c(c3)oc(=O)n5C3CCC(=O)NC3=O)CC4)cc2)C1. The van der Waals surface area contributed by atoms with E-state index in [1.54, 1.807) is 13.2 Å². The first kappa shape index (κ1) is 36.0. The molecule has 2 aromatic carbocycles. The van der Waals surface area contributed by atoms with E-state index in [1.807, 2.05) is 35.2 Å². The maximum atomic E-state index is 13.6. The third kappa shape index (κ3) is 6.92. The standard InChI is InChI=1S/C39H45ClN8O6/c1-44-22-26(19-27(23-44)42-29-21-41-45(2)37(52)34(29)40)24-3-5-25(6-4-24)36(51)47-17-13-39(14-18-47)11-15-46(16-12-39)28-7-8-30-32(20-28)54-38(53)48(30)31-9-10-33(49)43-35(31)50/h3-8,20-21,26-27,31,42H,9-19,22-23H2,1-2H3,(H,43,49,50)/t26-,27+,31?/m1/s1. The molecule has 284 valence electrons. The summed E-state index contributed by atoms with van der Waals surface area (Å²) in [5, 5.41) is 10.00. The maximum absolute atomic E-state index is 13.6. The molecule has 0 saturated carbocycles. The number of rotatable bonds is 6. The smallest absolute Gasteiger partial charge is 0.408 e. The number of nitrogens with one attached hydrogen (secondary N) is 2. The second kappa shape index (κ2) is 14.4. The number of imide groups is 1. The number of nitrogens with zero attached hydrogens (tertiary/aromatic N) is 6. The highest BCUT2D eigenvalue weighted by Crippen LogP contribution is 2.43. The van der Waals surface area contributed by atoms with Crippen molar-refractivity contribution in [3.8, 4) is 0 Å². The molecule has 1 spiro atoms. The van der Waals surface area contributed by atoms with Gasteiger partial charge in [0.2, 0.25) is 11.8 Å². The van der Waals surface area contributed by atoms with Gasteiger partial charge in [-0.3, -0.25) is 29.1 Å². The summed E-state index contributed by atoms with van der Waals surface area (Å²) in [5.41, 5.74) is 4.22. The van der Waals surface area contributed by atoms with Crippen LogP contribution in [0.3, 0.4) is 0 Å². The minimum atomic E-state index is -0.769. The fourth-order valence-corrected chi connectivity index (χ4v) is 9.17. The van der Waals surface area contributed by atoms with Gasteiger partial charge in [0.25, 0.3) is 11.5 Å². The molecule has 3 atom stereocenters. The van der Waals surface area contributed by atoms with Crippen LogP contribution >= 0.6 is 11.6 Å². The Morgan fingerprint density at radius 1 is 0.963 bits per heavy atom. The van der Waals surface area contributed by atoms with Crippen molar-refractivity contribution in [1.29, 1.82) is 0 Å². The average Bonchev–Trinajstić information content (AvgIpc) is 3.50. The van der Waals surface area contributed by atoms with Crippen molar-refractivity contribution in [2.45, 2.75) is 62.9 Å². The summed E-state index contributed by atoms with van der Waals surface area (Å²) in [6.45, 7) is 4.88. The van der Waals surface area contributed by atoms with Crippen LogP contribution in [0.4, 0.5) is 11.4 Å². The van der Waals surface area contributed by atoms with Gasteiger partial charge in [0, 0.05) is 76.1 Å². The van der Waals surface area contributed by atoms with Crippen molar-refractivity contribution in [3.05, 3.63) is 85.7 Å². The third-order valence-corrected chi connectivity index (χ3v) is 12.5. The number of fused-ring (bicyclic) bond motifs is 1. The Labute approximate surface area is 317 Å². The summed E-state index contributed by atoms with van der Waals surface area (Å²) in [4.78, 5) is 69.3. The summed E-state index contributed by atoms with van der Waals surface area (Å²) >= 11 is 6.32. The number of hydrogen-bond donors (Lipinski definition) is 2. The topological polar surface area (TPSA) is 155 Å². The van der Waals surface area contributed by atoms with Gasteiger partial charge in [-0.25, -0.2) is 9.48 Å². The van der Waals surface area contributed by atoms with Gasteiger partial charge in [0.15, 0.2) is 5.58 Å². The van der Waals surface area contributed by atoms with Gasteiger partial charge in [0.1, 0.15) is 11.1 Å². The molecule has 6 heterocycles. The normalized spacial score (nSPS) is 23.5. The van der Waals surface area contributed by atoms with Crippen LogP contribution in [0.25, 0.3) is 11.1 Å². The fourth-order valence-electron chi connectivity index (χ4n) is 8.95. The first-order valence-corrected chi connectivity index (χ1v) is 19.1. The van der Waals surface area contributed by atoms with E-state index in [4.69, 9.17) is 16.0 Å². The lowest BCUT2D eigenvalue weighted by molar-refractivity contribution is -0.135. The Hall–Kier alpha value is -4.95. The van der Waals surface area contributed by atoms with Gasteiger partial charge in [-0.05, 0) is 86.7 Å². The quantitative estimate of drug-likeness (QED) is 0.278. The highest BCUT2D eigenvalue weighted by atomic mass is 35.5. The van der Waals surface area contributed by atoms with Gasteiger partial charge < -0.3 is 24.4 Å². The summed E-state index contributed by atoms with van der Waals surface area (Å²) < 4.78 is 8.15.